The van der Waals surface area contributed by atoms with Crippen molar-refractivity contribution in [3.8, 4) is 0 Å². The molecule has 6 heteroatoms. The van der Waals surface area contributed by atoms with Crippen molar-refractivity contribution in [2.24, 2.45) is 0 Å². The fourth-order valence-corrected chi connectivity index (χ4v) is 4.40. The van der Waals surface area contributed by atoms with Gasteiger partial charge in [-0.15, -0.1) is 0 Å². The summed E-state index contributed by atoms with van der Waals surface area (Å²) in [7, 11) is 0. The molecule has 0 N–H and O–H groups in total. The van der Waals surface area contributed by atoms with E-state index in [0.29, 0.717) is 23.1 Å². The van der Waals surface area contributed by atoms with Crippen molar-refractivity contribution >= 4 is 32.8 Å². The molecule has 0 radical (unpaired) electrons. The number of rotatable bonds is 3. The van der Waals surface area contributed by atoms with Crippen LogP contribution in [-0.4, -0.2) is 10.8 Å². The number of carbonyl (C=O) groups excluding carboxylic acids is 1. The monoisotopic (exact) mass is 477 g/mol. The van der Waals surface area contributed by atoms with Gasteiger partial charge in [0, 0.05) is 11.0 Å². The van der Waals surface area contributed by atoms with Crippen molar-refractivity contribution in [3.05, 3.63) is 115 Å². The van der Waals surface area contributed by atoms with Crippen molar-refractivity contribution in [3.63, 3.8) is 0 Å². The van der Waals surface area contributed by atoms with Crippen LogP contribution < -0.4 is 5.43 Å². The van der Waals surface area contributed by atoms with Crippen LogP contribution in [0.15, 0.2) is 80.4 Å². The van der Waals surface area contributed by atoms with E-state index >= 15 is 0 Å². The van der Waals surface area contributed by atoms with Crippen LogP contribution in [0, 0.1) is 12.7 Å². The molecule has 4 aromatic rings. The lowest BCUT2D eigenvalue weighted by molar-refractivity contribution is 0.0714. The van der Waals surface area contributed by atoms with Crippen molar-refractivity contribution < 1.29 is 13.6 Å². The average Bonchev–Trinajstić information content (AvgIpc) is 3.03. The topological polar surface area (TPSA) is 50.5 Å². The van der Waals surface area contributed by atoms with Gasteiger partial charge in [-0.2, -0.15) is 0 Å². The molecule has 0 aliphatic carbocycles. The highest BCUT2D eigenvalue weighted by atomic mass is 79.9. The maximum Gasteiger partial charge on any atom is 0.291 e. The third kappa shape index (κ3) is 3.37. The number of amides is 1. The molecule has 4 nitrogen and oxygen atoms in total. The minimum Gasteiger partial charge on any atom is -0.450 e. The smallest absolute Gasteiger partial charge is 0.291 e. The highest BCUT2D eigenvalue weighted by molar-refractivity contribution is 9.10. The van der Waals surface area contributed by atoms with Crippen LogP contribution in [-0.2, 0) is 6.54 Å². The maximum absolute atomic E-state index is 13.6. The van der Waals surface area contributed by atoms with E-state index in [0.717, 1.165) is 15.6 Å². The van der Waals surface area contributed by atoms with Crippen LogP contribution in [0.3, 0.4) is 0 Å². The van der Waals surface area contributed by atoms with Crippen molar-refractivity contribution in [2.45, 2.75) is 19.5 Å². The quantitative estimate of drug-likeness (QED) is 0.377. The molecule has 2 heterocycles. The normalized spacial score (nSPS) is 15.5. The summed E-state index contributed by atoms with van der Waals surface area (Å²) in [6.07, 6.45) is 0. The second kappa shape index (κ2) is 7.46. The van der Waals surface area contributed by atoms with Crippen LogP contribution in [0.4, 0.5) is 4.39 Å². The van der Waals surface area contributed by atoms with Gasteiger partial charge >= 0.3 is 0 Å². The Morgan fingerprint density at radius 1 is 1.00 bits per heavy atom. The lowest BCUT2D eigenvalue weighted by Crippen LogP contribution is -2.29. The minimum atomic E-state index is -0.663. The largest absolute Gasteiger partial charge is 0.450 e. The third-order valence-corrected chi connectivity index (χ3v) is 6.08. The first-order valence-electron chi connectivity index (χ1n) is 9.80. The Hall–Kier alpha value is -3.25. The molecule has 1 aliphatic heterocycles. The SMILES string of the molecule is Cc1ccc(CN2C(=O)c3oc4ccc(Br)cc4c(=O)c3C2c2ccc(F)cc2)cc1. The molecular weight excluding hydrogens is 461 g/mol. The molecule has 0 fully saturated rings. The third-order valence-electron chi connectivity index (χ3n) is 5.59. The van der Waals surface area contributed by atoms with Crippen molar-refractivity contribution in [2.75, 3.05) is 0 Å². The molecule has 1 atom stereocenters. The van der Waals surface area contributed by atoms with E-state index in [-0.39, 0.29) is 28.5 Å². The maximum atomic E-state index is 13.6. The molecule has 3 aromatic carbocycles. The second-order valence-corrected chi connectivity index (χ2v) is 8.60. The Morgan fingerprint density at radius 3 is 2.42 bits per heavy atom. The zero-order valence-electron chi connectivity index (χ0n) is 16.6. The van der Waals surface area contributed by atoms with Gasteiger partial charge in [0.2, 0.25) is 5.76 Å². The average molecular weight is 478 g/mol. The highest BCUT2D eigenvalue weighted by Gasteiger charge is 2.42. The van der Waals surface area contributed by atoms with E-state index in [1.54, 1.807) is 35.2 Å². The fraction of sp³-hybridized carbons (Fsp3) is 0.120. The van der Waals surface area contributed by atoms with Crippen LogP contribution >= 0.6 is 15.9 Å². The zero-order chi connectivity index (χ0) is 21.7. The molecule has 1 aromatic heterocycles. The number of benzene rings is 3. The first-order valence-corrected chi connectivity index (χ1v) is 10.6. The molecule has 154 valence electrons. The Morgan fingerprint density at radius 2 is 1.71 bits per heavy atom. The number of nitrogens with zero attached hydrogens (tertiary/aromatic N) is 1. The van der Waals surface area contributed by atoms with Gasteiger partial charge in [-0.1, -0.05) is 57.9 Å². The molecule has 1 aliphatic rings. The van der Waals surface area contributed by atoms with Crippen LogP contribution in [0.5, 0.6) is 0 Å². The van der Waals surface area contributed by atoms with Gasteiger partial charge in [-0.05, 0) is 48.4 Å². The predicted octanol–water partition coefficient (Wildman–Crippen LogP) is 5.75. The Kier molecular flexibility index (Phi) is 4.74. The first kappa shape index (κ1) is 19.7. The molecule has 0 saturated heterocycles. The minimum absolute atomic E-state index is 0.0428. The molecular formula is C25H17BrFNO3. The first-order chi connectivity index (χ1) is 14.9. The van der Waals surface area contributed by atoms with E-state index in [1.165, 1.54) is 12.1 Å². The summed E-state index contributed by atoms with van der Waals surface area (Å²) in [5, 5.41) is 0.394. The summed E-state index contributed by atoms with van der Waals surface area (Å²) in [6.45, 7) is 2.29. The summed E-state index contributed by atoms with van der Waals surface area (Å²) >= 11 is 3.39. The zero-order valence-corrected chi connectivity index (χ0v) is 18.1. The van der Waals surface area contributed by atoms with Crippen molar-refractivity contribution in [1.82, 2.24) is 4.90 Å². The van der Waals surface area contributed by atoms with Crippen LogP contribution in [0.1, 0.15) is 38.9 Å². The summed E-state index contributed by atoms with van der Waals surface area (Å²) < 4.78 is 20.3. The number of fused-ring (bicyclic) bond motifs is 2. The molecule has 0 spiro atoms. The molecule has 5 rings (SSSR count). The summed E-state index contributed by atoms with van der Waals surface area (Å²) in [5.41, 5.74) is 3.08. The second-order valence-electron chi connectivity index (χ2n) is 7.69. The molecule has 0 saturated carbocycles. The van der Waals surface area contributed by atoms with Crippen LogP contribution in [0.2, 0.25) is 0 Å². The van der Waals surface area contributed by atoms with E-state index in [4.69, 9.17) is 4.42 Å². The van der Waals surface area contributed by atoms with Crippen LogP contribution in [0.25, 0.3) is 11.0 Å². The van der Waals surface area contributed by atoms with Gasteiger partial charge < -0.3 is 9.32 Å². The number of carbonyl (C=O) groups is 1. The molecule has 0 bridgehead atoms. The predicted molar refractivity (Wildman–Crippen MR) is 119 cm³/mol. The number of hydrogen-bond acceptors (Lipinski definition) is 3. The molecule has 1 amide bonds. The van der Waals surface area contributed by atoms with E-state index in [9.17, 15) is 14.0 Å². The molecule has 31 heavy (non-hydrogen) atoms. The highest BCUT2D eigenvalue weighted by Crippen LogP contribution is 2.39. The summed E-state index contributed by atoms with van der Waals surface area (Å²) in [5.74, 6) is -0.694. The van der Waals surface area contributed by atoms with E-state index in [1.807, 2.05) is 31.2 Å². The summed E-state index contributed by atoms with van der Waals surface area (Å²) in [4.78, 5) is 28.5. The van der Waals surface area contributed by atoms with Gasteiger partial charge in [0.15, 0.2) is 5.43 Å². The van der Waals surface area contributed by atoms with Crippen molar-refractivity contribution in [1.29, 1.82) is 0 Å². The van der Waals surface area contributed by atoms with Gasteiger partial charge in [-0.3, -0.25) is 9.59 Å². The number of halogens is 2. The summed E-state index contributed by atoms with van der Waals surface area (Å²) in [6, 6.07) is 18.2. The van der Waals surface area contributed by atoms with Gasteiger partial charge in [-0.25, -0.2) is 4.39 Å². The molecule has 1 unspecified atom stereocenters. The lowest BCUT2D eigenvalue weighted by atomic mass is 9.98. The number of aryl methyl sites for hydroxylation is 1. The number of hydrogen-bond donors (Lipinski definition) is 0. The Labute approximate surface area is 186 Å². The van der Waals surface area contributed by atoms with Gasteiger partial charge in [0.05, 0.1) is 17.0 Å². The lowest BCUT2D eigenvalue weighted by Gasteiger charge is -2.25. The fourth-order valence-electron chi connectivity index (χ4n) is 4.04. The standard InChI is InChI=1S/C25H17BrFNO3/c1-14-2-4-15(5-3-14)13-28-22(16-6-9-18(27)10-7-16)21-23(29)19-12-17(26)8-11-20(19)31-24(21)25(28)30/h2-12,22H,13H2,1H3. The Balaban J connectivity index is 1.72. The van der Waals surface area contributed by atoms with Gasteiger partial charge in [0.1, 0.15) is 11.4 Å². The Bertz CT molecular complexity index is 1380. The van der Waals surface area contributed by atoms with E-state index in [2.05, 4.69) is 15.9 Å². The van der Waals surface area contributed by atoms with E-state index < -0.39 is 6.04 Å². The van der Waals surface area contributed by atoms with Gasteiger partial charge in [0.25, 0.3) is 5.91 Å².